The summed E-state index contributed by atoms with van der Waals surface area (Å²) >= 11 is 0. The van der Waals surface area contributed by atoms with E-state index < -0.39 is 0 Å². The van der Waals surface area contributed by atoms with Gasteiger partial charge in [-0.25, -0.2) is 4.98 Å². The molecule has 1 aromatic carbocycles. The van der Waals surface area contributed by atoms with Crippen LogP contribution in [0, 0.1) is 19.3 Å². The van der Waals surface area contributed by atoms with Crippen LogP contribution in [-0.2, 0) is 17.9 Å². The molecule has 0 unspecified atom stereocenters. The Morgan fingerprint density at radius 2 is 1.88 bits per heavy atom. The fourth-order valence-corrected chi connectivity index (χ4v) is 2.60. The van der Waals surface area contributed by atoms with Crippen LogP contribution in [0.1, 0.15) is 29.3 Å². The van der Waals surface area contributed by atoms with E-state index in [-0.39, 0.29) is 23.9 Å². The second kappa shape index (κ2) is 8.80. The summed E-state index contributed by atoms with van der Waals surface area (Å²) in [7, 11) is 0. The molecule has 1 heterocycles. The first-order valence-corrected chi connectivity index (χ1v) is 8.35. The molecule has 0 aliphatic carbocycles. The number of nitrogens with zero attached hydrogens (tertiary/aromatic N) is 1. The minimum absolute atomic E-state index is 0.0814. The number of pyridine rings is 1. The molecule has 2 rings (SSSR count). The van der Waals surface area contributed by atoms with Gasteiger partial charge in [-0.3, -0.25) is 4.79 Å². The van der Waals surface area contributed by atoms with Crippen molar-refractivity contribution in [2.75, 3.05) is 0 Å². The second-order valence-corrected chi connectivity index (χ2v) is 6.09. The summed E-state index contributed by atoms with van der Waals surface area (Å²) in [6.07, 6.45) is 1.03. The van der Waals surface area contributed by atoms with Crippen LogP contribution in [-0.4, -0.2) is 22.2 Å². The van der Waals surface area contributed by atoms with Crippen LogP contribution < -0.4 is 10.6 Å². The minimum Gasteiger partial charge on any atom is -0.493 e. The molecule has 4 N–H and O–H groups in total. The Bertz CT molecular complexity index is 806. The number of hydrogen-bond acceptors (Lipinski definition) is 5. The molecular formula is C20H24N4O2. The van der Waals surface area contributed by atoms with Gasteiger partial charge in [0, 0.05) is 36.3 Å². The van der Waals surface area contributed by atoms with E-state index >= 15 is 0 Å². The van der Waals surface area contributed by atoms with Crippen LogP contribution in [0.2, 0.25) is 0 Å². The third-order valence-electron chi connectivity index (χ3n) is 4.07. The molecular weight excluding hydrogens is 328 g/mol. The largest absolute Gasteiger partial charge is 0.493 e. The van der Waals surface area contributed by atoms with Crippen molar-refractivity contribution in [2.45, 2.75) is 33.9 Å². The normalized spacial score (nSPS) is 11.5. The van der Waals surface area contributed by atoms with Crippen LogP contribution >= 0.6 is 0 Å². The molecule has 1 amide bonds. The number of benzene rings is 1. The van der Waals surface area contributed by atoms with E-state index in [1.807, 2.05) is 43.3 Å². The quantitative estimate of drug-likeness (QED) is 0.455. The van der Waals surface area contributed by atoms with Crippen LogP contribution in [0.25, 0.3) is 0 Å². The molecule has 0 saturated heterocycles. The number of rotatable bonds is 7. The van der Waals surface area contributed by atoms with Crippen molar-refractivity contribution < 1.29 is 9.90 Å². The fraction of sp³-hybridized carbons (Fsp3) is 0.250. The molecule has 0 spiro atoms. The molecule has 2 aromatic rings. The van der Waals surface area contributed by atoms with Crippen molar-refractivity contribution >= 4 is 12.1 Å². The molecule has 0 fully saturated rings. The number of hydrogen-bond donors (Lipinski definition) is 4. The fourth-order valence-electron chi connectivity index (χ4n) is 2.60. The number of nitrogens with one attached hydrogen (secondary N) is 3. The lowest BCUT2D eigenvalue weighted by Gasteiger charge is -2.13. The summed E-state index contributed by atoms with van der Waals surface area (Å²) in [5.41, 5.74) is 4.10. The smallest absolute Gasteiger partial charge is 0.254 e. The molecule has 6 heteroatoms. The zero-order chi connectivity index (χ0) is 19.1. The Hall–Kier alpha value is -3.15. The number of carbonyl (C=O) groups excluding carboxylic acids is 1. The Balaban J connectivity index is 2.04. The first-order valence-electron chi connectivity index (χ1n) is 8.35. The molecule has 1 aromatic heterocycles. The first kappa shape index (κ1) is 19.2. The van der Waals surface area contributed by atoms with Crippen molar-refractivity contribution in [2.24, 2.45) is 0 Å². The predicted octanol–water partition coefficient (Wildman–Crippen LogP) is 2.73. The van der Waals surface area contributed by atoms with Gasteiger partial charge in [-0.05, 0) is 38.0 Å². The summed E-state index contributed by atoms with van der Waals surface area (Å²) in [5.74, 6) is -0.459. The Morgan fingerprint density at radius 1 is 1.19 bits per heavy atom. The van der Waals surface area contributed by atoms with Crippen molar-refractivity contribution in [3.05, 3.63) is 70.1 Å². The van der Waals surface area contributed by atoms with Crippen molar-refractivity contribution in [3.8, 4) is 5.88 Å². The standard InChI is InChI=1S/C20H24N4O2/c1-13-9-14(2)24-20(26)18(13)12-23-19(25)17(10-21)15(3)22-11-16-7-5-4-6-8-16/h4-10,21-22H,11-12H2,1-3H3,(H,23,25)(H,24,26)/b17-15+,21-10?. The summed E-state index contributed by atoms with van der Waals surface area (Å²) in [6.45, 7) is 6.13. The van der Waals surface area contributed by atoms with Crippen LogP contribution in [0.3, 0.4) is 0 Å². The lowest BCUT2D eigenvalue weighted by molar-refractivity contribution is -0.117. The van der Waals surface area contributed by atoms with E-state index in [0.717, 1.165) is 23.0 Å². The van der Waals surface area contributed by atoms with Gasteiger partial charge in [-0.1, -0.05) is 30.3 Å². The van der Waals surface area contributed by atoms with E-state index in [1.54, 1.807) is 13.8 Å². The number of amides is 1. The maximum absolute atomic E-state index is 12.4. The highest BCUT2D eigenvalue weighted by molar-refractivity contribution is 6.11. The molecule has 0 bridgehead atoms. The lowest BCUT2D eigenvalue weighted by atomic mass is 10.1. The lowest BCUT2D eigenvalue weighted by Crippen LogP contribution is -2.28. The van der Waals surface area contributed by atoms with Crippen molar-refractivity contribution in [1.29, 1.82) is 5.41 Å². The average molecular weight is 352 g/mol. The molecule has 136 valence electrons. The third kappa shape index (κ3) is 4.92. The zero-order valence-electron chi connectivity index (χ0n) is 15.3. The molecule has 0 saturated carbocycles. The van der Waals surface area contributed by atoms with Gasteiger partial charge in [0.05, 0.1) is 5.57 Å². The number of aromatic hydroxyl groups is 1. The van der Waals surface area contributed by atoms with Gasteiger partial charge in [-0.15, -0.1) is 0 Å². The summed E-state index contributed by atoms with van der Waals surface area (Å²) in [6, 6.07) is 11.7. The molecule has 0 aliphatic heterocycles. The topological polar surface area (TPSA) is 98.1 Å². The van der Waals surface area contributed by atoms with Crippen LogP contribution in [0.5, 0.6) is 5.88 Å². The predicted molar refractivity (Wildman–Crippen MR) is 102 cm³/mol. The summed E-state index contributed by atoms with van der Waals surface area (Å²) in [5, 5.41) is 23.4. The van der Waals surface area contributed by atoms with Gasteiger partial charge in [0.1, 0.15) is 0 Å². The zero-order valence-corrected chi connectivity index (χ0v) is 15.3. The van der Waals surface area contributed by atoms with Crippen molar-refractivity contribution in [1.82, 2.24) is 15.6 Å². The van der Waals surface area contributed by atoms with Gasteiger partial charge < -0.3 is 21.1 Å². The van der Waals surface area contributed by atoms with Gasteiger partial charge in [0.15, 0.2) is 0 Å². The first-order chi connectivity index (χ1) is 12.4. The molecule has 0 atom stereocenters. The number of allylic oxidation sites excluding steroid dienone is 1. The number of aromatic nitrogens is 1. The number of aryl methyl sites for hydroxylation is 2. The van der Waals surface area contributed by atoms with E-state index in [2.05, 4.69) is 15.6 Å². The monoisotopic (exact) mass is 352 g/mol. The summed E-state index contributed by atoms with van der Waals surface area (Å²) in [4.78, 5) is 16.4. The van der Waals surface area contributed by atoms with Gasteiger partial charge >= 0.3 is 0 Å². The summed E-state index contributed by atoms with van der Waals surface area (Å²) < 4.78 is 0. The van der Waals surface area contributed by atoms with Crippen LogP contribution in [0.4, 0.5) is 0 Å². The van der Waals surface area contributed by atoms with E-state index in [0.29, 0.717) is 17.8 Å². The van der Waals surface area contributed by atoms with E-state index in [1.165, 1.54) is 0 Å². The highest BCUT2D eigenvalue weighted by Gasteiger charge is 2.13. The van der Waals surface area contributed by atoms with E-state index in [4.69, 9.17) is 5.41 Å². The Kier molecular flexibility index (Phi) is 6.49. The Labute approximate surface area is 153 Å². The second-order valence-electron chi connectivity index (χ2n) is 6.09. The van der Waals surface area contributed by atoms with Crippen molar-refractivity contribution in [3.63, 3.8) is 0 Å². The highest BCUT2D eigenvalue weighted by atomic mass is 16.3. The van der Waals surface area contributed by atoms with E-state index in [9.17, 15) is 9.90 Å². The maximum Gasteiger partial charge on any atom is 0.254 e. The minimum atomic E-state index is -0.377. The van der Waals surface area contributed by atoms with Crippen LogP contribution in [0.15, 0.2) is 47.7 Å². The third-order valence-corrected chi connectivity index (χ3v) is 4.07. The molecule has 26 heavy (non-hydrogen) atoms. The molecule has 0 aliphatic rings. The molecule has 0 radical (unpaired) electrons. The number of carbonyl (C=O) groups is 1. The highest BCUT2D eigenvalue weighted by Crippen LogP contribution is 2.19. The maximum atomic E-state index is 12.4. The van der Waals surface area contributed by atoms with Gasteiger partial charge in [0.2, 0.25) is 5.88 Å². The average Bonchev–Trinajstić information content (AvgIpc) is 2.60. The SMILES string of the molecule is C/C(NCc1ccccc1)=C(/C=N)C(=O)NCc1c(C)cc(C)nc1O. The van der Waals surface area contributed by atoms with Gasteiger partial charge in [0.25, 0.3) is 5.91 Å². The Morgan fingerprint density at radius 3 is 2.50 bits per heavy atom. The molecule has 6 nitrogen and oxygen atoms in total. The van der Waals surface area contributed by atoms with Gasteiger partial charge in [-0.2, -0.15) is 0 Å².